The molecule has 0 aliphatic carbocycles. The summed E-state index contributed by atoms with van der Waals surface area (Å²) >= 11 is 0. The van der Waals surface area contributed by atoms with Crippen molar-refractivity contribution in [3.8, 4) is 0 Å². The van der Waals surface area contributed by atoms with Gasteiger partial charge in [-0.25, -0.2) is 0 Å². The average Bonchev–Trinajstić information content (AvgIpc) is 2.64. The third kappa shape index (κ3) is 5.78. The molecule has 1 aromatic carbocycles. The van der Waals surface area contributed by atoms with Crippen molar-refractivity contribution < 1.29 is 0 Å². The van der Waals surface area contributed by atoms with Crippen molar-refractivity contribution in [2.24, 2.45) is 10.4 Å². The van der Waals surface area contributed by atoms with Crippen LogP contribution in [0.15, 0.2) is 56.2 Å². The van der Waals surface area contributed by atoms with Crippen molar-refractivity contribution in [2.45, 2.75) is 47.5 Å². The SMILES string of the molecule is CCCC=NC(/C=c1\[nH]c(=O)/c(=C/c2ccccc2)[nH]c1=O)=C(\C)C(C)(C)C. The van der Waals surface area contributed by atoms with E-state index in [-0.39, 0.29) is 27.2 Å². The van der Waals surface area contributed by atoms with Gasteiger partial charge in [0.05, 0.1) is 5.70 Å². The standard InChI is InChI=1S/C23H29N3O2/c1-6-7-13-24-18(16(2)23(3,4)5)15-20-22(28)25-19(21(27)26-20)14-17-11-9-8-10-12-17/h8-15H,6-7H2,1-5H3,(H,25,28)(H,26,27)/b18-16+,19-14-,20-15-,24-13?. The van der Waals surface area contributed by atoms with Gasteiger partial charge in [-0.1, -0.05) is 64.4 Å². The second-order valence-electron chi connectivity index (χ2n) is 7.80. The summed E-state index contributed by atoms with van der Waals surface area (Å²) in [4.78, 5) is 35.0. The van der Waals surface area contributed by atoms with Crippen LogP contribution < -0.4 is 21.8 Å². The molecule has 0 aliphatic heterocycles. The summed E-state index contributed by atoms with van der Waals surface area (Å²) < 4.78 is 0. The number of hydrogen-bond acceptors (Lipinski definition) is 3. The number of nitrogens with one attached hydrogen (secondary N) is 2. The maximum atomic E-state index is 12.6. The van der Waals surface area contributed by atoms with E-state index in [1.165, 1.54) is 0 Å². The highest BCUT2D eigenvalue weighted by molar-refractivity contribution is 5.63. The van der Waals surface area contributed by atoms with E-state index >= 15 is 0 Å². The number of unbranched alkanes of at least 4 members (excludes halogenated alkanes) is 1. The normalized spacial score (nSPS) is 14.6. The second-order valence-corrected chi connectivity index (χ2v) is 7.80. The van der Waals surface area contributed by atoms with E-state index in [1.807, 2.05) is 43.5 Å². The molecule has 5 nitrogen and oxygen atoms in total. The Morgan fingerprint density at radius 3 is 2.25 bits per heavy atom. The fraction of sp³-hybridized carbons (Fsp3) is 0.348. The fourth-order valence-corrected chi connectivity index (χ4v) is 2.47. The van der Waals surface area contributed by atoms with Crippen LogP contribution in [0.3, 0.4) is 0 Å². The largest absolute Gasteiger partial charge is 0.316 e. The molecule has 0 radical (unpaired) electrons. The lowest BCUT2D eigenvalue weighted by atomic mass is 9.86. The van der Waals surface area contributed by atoms with E-state index in [2.05, 4.69) is 42.7 Å². The zero-order chi connectivity index (χ0) is 20.7. The number of hydrogen-bond donors (Lipinski definition) is 2. The summed E-state index contributed by atoms with van der Waals surface area (Å²) in [5.74, 6) is 0. The molecule has 1 heterocycles. The summed E-state index contributed by atoms with van der Waals surface area (Å²) in [6.07, 6.45) is 7.00. The summed E-state index contributed by atoms with van der Waals surface area (Å²) in [6, 6.07) is 9.39. The first-order chi connectivity index (χ1) is 13.2. The van der Waals surface area contributed by atoms with E-state index in [4.69, 9.17) is 0 Å². The second kappa shape index (κ2) is 9.31. The van der Waals surface area contributed by atoms with Gasteiger partial charge >= 0.3 is 0 Å². The molecule has 0 aliphatic rings. The van der Waals surface area contributed by atoms with Crippen molar-refractivity contribution in [3.05, 3.63) is 78.6 Å². The first-order valence-corrected chi connectivity index (χ1v) is 9.57. The number of allylic oxidation sites excluding steroid dienone is 2. The van der Waals surface area contributed by atoms with E-state index < -0.39 is 0 Å². The Morgan fingerprint density at radius 1 is 1.04 bits per heavy atom. The Bertz CT molecular complexity index is 1100. The molecule has 0 spiro atoms. The van der Waals surface area contributed by atoms with Gasteiger partial charge in [0.1, 0.15) is 10.7 Å². The minimum absolute atomic E-state index is 0.108. The van der Waals surface area contributed by atoms with Gasteiger partial charge in [-0.3, -0.25) is 14.6 Å². The Morgan fingerprint density at radius 2 is 1.64 bits per heavy atom. The first-order valence-electron chi connectivity index (χ1n) is 9.57. The van der Waals surface area contributed by atoms with E-state index in [0.717, 1.165) is 24.0 Å². The summed E-state index contributed by atoms with van der Waals surface area (Å²) in [5.41, 5.74) is 1.77. The Kier molecular flexibility index (Phi) is 7.10. The Balaban J connectivity index is 2.63. The van der Waals surface area contributed by atoms with Crippen LogP contribution in [0.1, 0.15) is 53.0 Å². The molecule has 2 rings (SSSR count). The number of rotatable bonds is 5. The first kappa shape index (κ1) is 21.4. The average molecular weight is 380 g/mol. The molecule has 0 atom stereocenters. The number of nitrogens with zero attached hydrogens (tertiary/aromatic N) is 1. The van der Waals surface area contributed by atoms with Crippen LogP contribution in [0.25, 0.3) is 12.2 Å². The number of aromatic amines is 2. The van der Waals surface area contributed by atoms with E-state index in [1.54, 1.807) is 12.2 Å². The molecule has 28 heavy (non-hydrogen) atoms. The van der Waals surface area contributed by atoms with Gasteiger partial charge in [0, 0.05) is 6.21 Å². The Hall–Kier alpha value is -2.95. The molecule has 148 valence electrons. The zero-order valence-corrected chi connectivity index (χ0v) is 17.3. The van der Waals surface area contributed by atoms with Crippen LogP contribution >= 0.6 is 0 Å². The van der Waals surface area contributed by atoms with Crippen molar-refractivity contribution >= 4 is 18.4 Å². The molecule has 0 amide bonds. The lowest BCUT2D eigenvalue weighted by Crippen LogP contribution is -2.46. The molecule has 0 bridgehead atoms. The van der Waals surface area contributed by atoms with Gasteiger partial charge in [-0.05, 0) is 42.0 Å². The van der Waals surface area contributed by atoms with Gasteiger partial charge in [-0.15, -0.1) is 0 Å². The van der Waals surface area contributed by atoms with Crippen LogP contribution in [0.5, 0.6) is 0 Å². The van der Waals surface area contributed by atoms with Gasteiger partial charge in [0.25, 0.3) is 11.1 Å². The molecule has 5 heteroatoms. The van der Waals surface area contributed by atoms with E-state index in [9.17, 15) is 9.59 Å². The third-order valence-corrected chi connectivity index (χ3v) is 4.53. The molecular formula is C23H29N3O2. The van der Waals surface area contributed by atoms with Crippen LogP contribution in [0.2, 0.25) is 0 Å². The smallest absolute Gasteiger partial charge is 0.272 e. The van der Waals surface area contributed by atoms with Crippen LogP contribution in [0.4, 0.5) is 0 Å². The van der Waals surface area contributed by atoms with Crippen LogP contribution in [-0.4, -0.2) is 16.2 Å². The maximum Gasteiger partial charge on any atom is 0.272 e. The van der Waals surface area contributed by atoms with Gasteiger partial charge < -0.3 is 9.97 Å². The summed E-state index contributed by atoms with van der Waals surface area (Å²) in [5, 5.41) is 0.420. The molecule has 2 aromatic rings. The lowest BCUT2D eigenvalue weighted by molar-refractivity contribution is 0.500. The summed E-state index contributed by atoms with van der Waals surface area (Å²) in [7, 11) is 0. The molecule has 0 saturated carbocycles. The highest BCUT2D eigenvalue weighted by Crippen LogP contribution is 2.28. The molecule has 2 N–H and O–H groups in total. The van der Waals surface area contributed by atoms with Crippen molar-refractivity contribution in [1.29, 1.82) is 0 Å². The summed E-state index contributed by atoms with van der Waals surface area (Å²) in [6.45, 7) is 10.4. The number of benzene rings is 1. The molecule has 0 unspecified atom stereocenters. The van der Waals surface area contributed by atoms with Gasteiger partial charge in [0.2, 0.25) is 0 Å². The minimum Gasteiger partial charge on any atom is -0.316 e. The minimum atomic E-state index is -0.355. The maximum absolute atomic E-state index is 12.6. The predicted molar refractivity (Wildman–Crippen MR) is 117 cm³/mol. The number of H-pyrrole nitrogens is 2. The van der Waals surface area contributed by atoms with Crippen molar-refractivity contribution in [3.63, 3.8) is 0 Å². The highest BCUT2D eigenvalue weighted by Gasteiger charge is 2.16. The molecular weight excluding hydrogens is 350 g/mol. The molecule has 1 aromatic heterocycles. The molecule has 0 fully saturated rings. The highest BCUT2D eigenvalue weighted by atomic mass is 16.1. The van der Waals surface area contributed by atoms with Crippen LogP contribution in [0, 0.1) is 5.41 Å². The third-order valence-electron chi connectivity index (χ3n) is 4.53. The fourth-order valence-electron chi connectivity index (χ4n) is 2.47. The van der Waals surface area contributed by atoms with Crippen molar-refractivity contribution in [1.82, 2.24) is 9.97 Å². The van der Waals surface area contributed by atoms with Gasteiger partial charge in [0.15, 0.2) is 0 Å². The Labute approximate surface area is 165 Å². The number of aliphatic imine (C=N–C) groups is 1. The van der Waals surface area contributed by atoms with Gasteiger partial charge in [-0.2, -0.15) is 0 Å². The number of aromatic nitrogens is 2. The van der Waals surface area contributed by atoms with E-state index in [0.29, 0.717) is 5.70 Å². The predicted octanol–water partition coefficient (Wildman–Crippen LogP) is 2.86. The lowest BCUT2D eigenvalue weighted by Gasteiger charge is -2.21. The topological polar surface area (TPSA) is 78.1 Å². The zero-order valence-electron chi connectivity index (χ0n) is 17.3. The monoisotopic (exact) mass is 379 g/mol. The van der Waals surface area contributed by atoms with Crippen LogP contribution in [-0.2, 0) is 0 Å². The molecule has 0 saturated heterocycles. The quantitative estimate of drug-likeness (QED) is 0.784. The van der Waals surface area contributed by atoms with Crippen molar-refractivity contribution in [2.75, 3.05) is 0 Å².